The van der Waals surface area contributed by atoms with Crippen molar-refractivity contribution < 1.29 is 14.7 Å². The first-order valence-electron chi connectivity index (χ1n) is 7.51. The standard InChI is InChI=1S/C19H14N2O3/c1-11(8-12-10-20-17-7-6-13(22)9-16(12)17)21-18(23)14-4-2-3-5-15(14)19(21)24/h2-7,9-10,20,22H,1,8H2. The zero-order chi connectivity index (χ0) is 16.8. The summed E-state index contributed by atoms with van der Waals surface area (Å²) in [5.74, 6) is -0.527. The maximum atomic E-state index is 12.5. The second-order valence-corrected chi connectivity index (χ2v) is 5.78. The van der Waals surface area contributed by atoms with Gasteiger partial charge in [-0.05, 0) is 35.9 Å². The minimum Gasteiger partial charge on any atom is -0.508 e. The summed E-state index contributed by atoms with van der Waals surface area (Å²) in [6.07, 6.45) is 2.13. The van der Waals surface area contributed by atoms with Gasteiger partial charge < -0.3 is 10.1 Å². The van der Waals surface area contributed by atoms with Crippen molar-refractivity contribution in [3.63, 3.8) is 0 Å². The van der Waals surface area contributed by atoms with E-state index in [0.717, 1.165) is 21.4 Å². The number of hydrogen-bond donors (Lipinski definition) is 2. The van der Waals surface area contributed by atoms with Crippen LogP contribution in [-0.2, 0) is 6.42 Å². The van der Waals surface area contributed by atoms with E-state index in [1.807, 2.05) is 0 Å². The summed E-state index contributed by atoms with van der Waals surface area (Å²) in [5.41, 5.74) is 2.95. The SMILES string of the molecule is C=C(Cc1c[nH]c2ccc(O)cc12)N1C(=O)c2ccccc2C1=O. The third kappa shape index (κ3) is 2.02. The predicted octanol–water partition coefficient (Wildman–Crippen LogP) is 3.23. The Balaban J connectivity index is 1.66. The van der Waals surface area contributed by atoms with Gasteiger partial charge >= 0.3 is 0 Å². The van der Waals surface area contributed by atoms with Crippen LogP contribution in [0.1, 0.15) is 26.3 Å². The number of aromatic amines is 1. The molecular formula is C19H14N2O3. The summed E-state index contributed by atoms with van der Waals surface area (Å²) in [6.45, 7) is 3.93. The molecule has 2 amide bonds. The number of carbonyl (C=O) groups excluding carboxylic acids is 2. The number of fused-ring (bicyclic) bond motifs is 2. The van der Waals surface area contributed by atoms with Gasteiger partial charge in [0.2, 0.25) is 0 Å². The minimum absolute atomic E-state index is 0.162. The number of aromatic nitrogens is 1. The van der Waals surface area contributed by atoms with E-state index in [1.54, 1.807) is 48.7 Å². The van der Waals surface area contributed by atoms with E-state index in [1.165, 1.54) is 0 Å². The molecule has 0 bridgehead atoms. The Hall–Kier alpha value is -3.34. The molecule has 5 heteroatoms. The molecule has 0 atom stereocenters. The molecule has 2 aromatic carbocycles. The van der Waals surface area contributed by atoms with Crippen LogP contribution in [0, 0.1) is 0 Å². The van der Waals surface area contributed by atoms with E-state index < -0.39 is 0 Å². The first-order valence-corrected chi connectivity index (χ1v) is 7.51. The van der Waals surface area contributed by atoms with Crippen molar-refractivity contribution in [1.29, 1.82) is 0 Å². The van der Waals surface area contributed by atoms with Crippen molar-refractivity contribution in [2.24, 2.45) is 0 Å². The number of phenols is 1. The zero-order valence-electron chi connectivity index (χ0n) is 12.7. The summed E-state index contributed by atoms with van der Waals surface area (Å²) < 4.78 is 0. The lowest BCUT2D eigenvalue weighted by Gasteiger charge is -2.16. The summed E-state index contributed by atoms with van der Waals surface area (Å²) in [7, 11) is 0. The molecule has 1 aliphatic rings. The molecule has 0 unspecified atom stereocenters. The molecule has 2 N–H and O–H groups in total. The van der Waals surface area contributed by atoms with E-state index in [9.17, 15) is 14.7 Å². The molecule has 4 rings (SSSR count). The third-order valence-corrected chi connectivity index (χ3v) is 4.26. The molecule has 1 aliphatic heterocycles. The average Bonchev–Trinajstić information content (AvgIpc) is 3.07. The molecule has 118 valence electrons. The van der Waals surface area contributed by atoms with E-state index in [0.29, 0.717) is 23.2 Å². The highest BCUT2D eigenvalue weighted by Crippen LogP contribution is 2.29. The summed E-state index contributed by atoms with van der Waals surface area (Å²) in [5, 5.41) is 10.5. The number of allylic oxidation sites excluding steroid dienone is 1. The molecular weight excluding hydrogens is 304 g/mol. The Morgan fingerprint density at radius 2 is 1.75 bits per heavy atom. The van der Waals surface area contributed by atoms with Crippen LogP contribution in [0.4, 0.5) is 0 Å². The van der Waals surface area contributed by atoms with Crippen LogP contribution in [0.15, 0.2) is 60.9 Å². The molecule has 0 saturated heterocycles. The number of rotatable bonds is 3. The lowest BCUT2D eigenvalue weighted by Crippen LogP contribution is -2.29. The quantitative estimate of drug-likeness (QED) is 0.728. The van der Waals surface area contributed by atoms with Crippen molar-refractivity contribution >= 4 is 22.7 Å². The molecule has 1 aromatic heterocycles. The zero-order valence-corrected chi connectivity index (χ0v) is 12.7. The lowest BCUT2D eigenvalue weighted by atomic mass is 10.1. The molecule has 3 aromatic rings. The third-order valence-electron chi connectivity index (χ3n) is 4.26. The van der Waals surface area contributed by atoms with Crippen LogP contribution in [0.25, 0.3) is 10.9 Å². The minimum atomic E-state index is -0.344. The summed E-state index contributed by atoms with van der Waals surface area (Å²) >= 11 is 0. The number of phenolic OH excluding ortho intramolecular Hbond substituents is 1. The van der Waals surface area contributed by atoms with Crippen LogP contribution >= 0.6 is 0 Å². The number of amides is 2. The van der Waals surface area contributed by atoms with Gasteiger partial charge in [0.05, 0.1) is 11.1 Å². The largest absolute Gasteiger partial charge is 0.508 e. The molecule has 0 saturated carbocycles. The van der Waals surface area contributed by atoms with Crippen LogP contribution in [0.5, 0.6) is 5.75 Å². The smallest absolute Gasteiger partial charge is 0.265 e. The Kier molecular flexibility index (Phi) is 3.03. The van der Waals surface area contributed by atoms with Crippen molar-refractivity contribution in [2.75, 3.05) is 0 Å². The molecule has 0 aliphatic carbocycles. The van der Waals surface area contributed by atoms with Crippen molar-refractivity contribution in [2.45, 2.75) is 6.42 Å². The average molecular weight is 318 g/mol. The molecule has 0 fully saturated rings. The summed E-state index contributed by atoms with van der Waals surface area (Å²) in [6, 6.07) is 11.8. The van der Waals surface area contributed by atoms with Crippen molar-refractivity contribution in [3.05, 3.63) is 77.6 Å². The number of nitrogens with one attached hydrogen (secondary N) is 1. The van der Waals surface area contributed by atoms with Gasteiger partial charge in [-0.1, -0.05) is 18.7 Å². The summed E-state index contributed by atoms with van der Waals surface area (Å²) in [4.78, 5) is 29.2. The van der Waals surface area contributed by atoms with Gasteiger partial charge in [-0.2, -0.15) is 0 Å². The fraction of sp³-hybridized carbons (Fsp3) is 0.0526. The van der Waals surface area contributed by atoms with E-state index in [-0.39, 0.29) is 17.6 Å². The highest BCUT2D eigenvalue weighted by molar-refractivity contribution is 6.22. The number of nitrogens with zero attached hydrogens (tertiary/aromatic N) is 1. The lowest BCUT2D eigenvalue weighted by molar-refractivity contribution is 0.0702. The molecule has 5 nitrogen and oxygen atoms in total. The van der Waals surface area contributed by atoms with Gasteiger partial charge in [0.1, 0.15) is 5.75 Å². The van der Waals surface area contributed by atoms with Gasteiger partial charge in [0, 0.05) is 29.2 Å². The Morgan fingerprint density at radius 1 is 1.08 bits per heavy atom. The van der Waals surface area contributed by atoms with Crippen LogP contribution in [-0.4, -0.2) is 26.8 Å². The Morgan fingerprint density at radius 3 is 2.42 bits per heavy atom. The molecule has 0 spiro atoms. The van der Waals surface area contributed by atoms with Crippen molar-refractivity contribution in [3.8, 4) is 5.75 Å². The van der Waals surface area contributed by atoms with Crippen LogP contribution in [0.3, 0.4) is 0 Å². The maximum Gasteiger partial charge on any atom is 0.265 e. The van der Waals surface area contributed by atoms with Crippen molar-refractivity contribution in [1.82, 2.24) is 9.88 Å². The van der Waals surface area contributed by atoms with Crippen LogP contribution in [0.2, 0.25) is 0 Å². The fourth-order valence-electron chi connectivity index (χ4n) is 3.09. The second-order valence-electron chi connectivity index (χ2n) is 5.78. The fourth-order valence-corrected chi connectivity index (χ4v) is 3.09. The first kappa shape index (κ1) is 14.3. The Labute approximate surface area is 137 Å². The highest BCUT2D eigenvalue weighted by atomic mass is 16.3. The highest BCUT2D eigenvalue weighted by Gasteiger charge is 2.36. The Bertz CT molecular complexity index is 981. The number of H-pyrrole nitrogens is 1. The van der Waals surface area contributed by atoms with Gasteiger partial charge in [0.25, 0.3) is 11.8 Å². The van der Waals surface area contributed by atoms with Gasteiger partial charge in [0.15, 0.2) is 0 Å². The van der Waals surface area contributed by atoms with Gasteiger partial charge in [-0.3, -0.25) is 9.59 Å². The number of aromatic hydroxyl groups is 1. The molecule has 24 heavy (non-hydrogen) atoms. The maximum absolute atomic E-state index is 12.5. The van der Waals surface area contributed by atoms with E-state index >= 15 is 0 Å². The monoisotopic (exact) mass is 318 g/mol. The molecule has 2 heterocycles. The second kappa shape index (κ2) is 5.09. The van der Waals surface area contributed by atoms with E-state index in [2.05, 4.69) is 11.6 Å². The topological polar surface area (TPSA) is 73.4 Å². The van der Waals surface area contributed by atoms with E-state index in [4.69, 9.17) is 0 Å². The number of carbonyl (C=O) groups is 2. The molecule has 0 radical (unpaired) electrons. The predicted molar refractivity (Wildman–Crippen MR) is 89.7 cm³/mol. The number of imide groups is 1. The van der Waals surface area contributed by atoms with Gasteiger partial charge in [-0.25, -0.2) is 4.90 Å². The number of hydrogen-bond acceptors (Lipinski definition) is 3. The normalized spacial score (nSPS) is 13.6. The number of benzene rings is 2. The first-order chi connectivity index (χ1) is 11.6. The van der Waals surface area contributed by atoms with Crippen LogP contribution < -0.4 is 0 Å². The van der Waals surface area contributed by atoms with Gasteiger partial charge in [-0.15, -0.1) is 0 Å².